The maximum Gasteiger partial charge on any atom is 0.318 e. The highest BCUT2D eigenvalue weighted by molar-refractivity contribution is 7.86. The molecule has 0 amide bonds. The average Bonchev–Trinajstić information content (AvgIpc) is 2.95. The maximum absolute atomic E-state index is 12.5. The number of aliphatic carboxylic acids is 1. The van der Waals surface area contributed by atoms with Gasteiger partial charge in [0.15, 0.2) is 0 Å². The van der Waals surface area contributed by atoms with Gasteiger partial charge < -0.3 is 9.84 Å². The minimum Gasteiger partial charge on any atom is -0.481 e. The van der Waals surface area contributed by atoms with Crippen molar-refractivity contribution in [2.45, 2.75) is 10.5 Å². The van der Waals surface area contributed by atoms with Crippen LogP contribution in [0.3, 0.4) is 0 Å². The molecule has 0 aliphatic rings. The number of ether oxygens (including phenoxy) is 1. The number of carbonyl (C=O) groups is 2. The second kappa shape index (κ2) is 15.5. The van der Waals surface area contributed by atoms with Crippen LogP contribution in [-0.4, -0.2) is 44.1 Å². The molecule has 0 aliphatic carbocycles. The van der Waals surface area contributed by atoms with Crippen molar-refractivity contribution in [3.05, 3.63) is 144 Å². The molecular formula is C31H30O6S2. The first-order chi connectivity index (χ1) is 18.9. The zero-order valence-corrected chi connectivity index (χ0v) is 23.1. The molecule has 8 heteroatoms. The molecule has 0 heterocycles. The number of hydrogen-bond donors (Lipinski definition) is 1. The van der Waals surface area contributed by atoms with Gasteiger partial charge in [-0.15, -0.1) is 0 Å². The third-order valence-corrected chi connectivity index (χ3v) is 8.88. The normalized spacial score (nSPS) is 12.2. The predicted octanol–water partition coefficient (Wildman–Crippen LogP) is 5.31. The molecular weight excluding hydrogens is 532 g/mol. The van der Waals surface area contributed by atoms with E-state index < -0.39 is 38.8 Å². The van der Waals surface area contributed by atoms with E-state index in [2.05, 4.69) is 4.74 Å². The van der Waals surface area contributed by atoms with E-state index in [0.29, 0.717) is 0 Å². The van der Waals surface area contributed by atoms with Crippen LogP contribution in [0.25, 0.3) is 0 Å². The van der Waals surface area contributed by atoms with Crippen molar-refractivity contribution in [2.75, 3.05) is 18.6 Å². The van der Waals surface area contributed by atoms with E-state index in [0.717, 1.165) is 22.3 Å². The van der Waals surface area contributed by atoms with Crippen LogP contribution in [0.2, 0.25) is 0 Å². The topological polar surface area (TPSA) is 97.7 Å². The summed E-state index contributed by atoms with van der Waals surface area (Å²) in [4.78, 5) is 22.2. The number of carbonyl (C=O) groups excluding carboxylic acids is 1. The van der Waals surface area contributed by atoms with Crippen molar-refractivity contribution < 1.29 is 27.9 Å². The number of benzene rings is 4. The lowest BCUT2D eigenvalue weighted by atomic mass is 10.0. The molecule has 2 atom stereocenters. The van der Waals surface area contributed by atoms with Gasteiger partial charge in [0.05, 0.1) is 17.6 Å². The van der Waals surface area contributed by atoms with Crippen LogP contribution in [0.4, 0.5) is 0 Å². The monoisotopic (exact) mass is 562 g/mol. The average molecular weight is 563 g/mol. The van der Waals surface area contributed by atoms with Crippen molar-refractivity contribution in [2.24, 2.45) is 0 Å². The molecule has 0 aromatic heterocycles. The smallest absolute Gasteiger partial charge is 0.318 e. The van der Waals surface area contributed by atoms with Crippen LogP contribution >= 0.6 is 0 Å². The summed E-state index contributed by atoms with van der Waals surface area (Å²) in [6.45, 7) is 0. The van der Waals surface area contributed by atoms with Crippen LogP contribution in [0, 0.1) is 0 Å². The molecule has 0 aliphatic heterocycles. The molecule has 202 valence electrons. The fourth-order valence-electron chi connectivity index (χ4n) is 3.97. The third kappa shape index (κ3) is 9.12. The lowest BCUT2D eigenvalue weighted by molar-refractivity contribution is -0.137. The van der Waals surface area contributed by atoms with Crippen molar-refractivity contribution >= 4 is 33.5 Å². The highest BCUT2D eigenvalue weighted by Gasteiger charge is 2.24. The Labute approximate surface area is 233 Å². The number of hydrogen-bond acceptors (Lipinski definition) is 5. The van der Waals surface area contributed by atoms with E-state index in [1.807, 2.05) is 121 Å². The molecule has 1 N–H and O–H groups in total. The Balaban J connectivity index is 0.000000216. The summed E-state index contributed by atoms with van der Waals surface area (Å²) >= 11 is 0. The van der Waals surface area contributed by atoms with Gasteiger partial charge in [-0.3, -0.25) is 18.0 Å². The minimum atomic E-state index is -1.49. The number of methoxy groups -OCH3 is 1. The molecule has 6 nitrogen and oxygen atoms in total. The number of rotatable bonds is 10. The van der Waals surface area contributed by atoms with Gasteiger partial charge in [0.1, 0.15) is 11.5 Å². The van der Waals surface area contributed by atoms with Crippen LogP contribution in [0.15, 0.2) is 121 Å². The summed E-state index contributed by atoms with van der Waals surface area (Å²) in [5.41, 5.74) is 3.60. The molecule has 0 radical (unpaired) electrons. The van der Waals surface area contributed by atoms with Gasteiger partial charge >= 0.3 is 11.9 Å². The number of carboxylic acid groups (broad SMARTS) is 1. The fourth-order valence-corrected chi connectivity index (χ4v) is 6.74. The summed E-state index contributed by atoms with van der Waals surface area (Å²) < 4.78 is 29.4. The van der Waals surface area contributed by atoms with Gasteiger partial charge in [-0.05, 0) is 22.3 Å². The lowest BCUT2D eigenvalue weighted by Crippen LogP contribution is -2.18. The highest BCUT2D eigenvalue weighted by atomic mass is 32.2. The Morgan fingerprint density at radius 2 is 0.872 bits per heavy atom. The van der Waals surface area contributed by atoms with Crippen LogP contribution in [0.5, 0.6) is 0 Å². The Morgan fingerprint density at radius 3 is 1.13 bits per heavy atom. The Hall–Kier alpha value is -3.88. The molecule has 0 spiro atoms. The largest absolute Gasteiger partial charge is 0.481 e. The molecule has 0 fully saturated rings. The molecule has 4 aromatic rings. The molecule has 4 aromatic carbocycles. The summed E-state index contributed by atoms with van der Waals surface area (Å²) in [7, 11) is -1.55. The van der Waals surface area contributed by atoms with Crippen LogP contribution in [0.1, 0.15) is 32.8 Å². The van der Waals surface area contributed by atoms with Crippen LogP contribution < -0.4 is 0 Å². The molecule has 0 saturated heterocycles. The van der Waals surface area contributed by atoms with Crippen molar-refractivity contribution in [1.29, 1.82) is 0 Å². The fraction of sp³-hybridized carbons (Fsp3) is 0.161. The van der Waals surface area contributed by atoms with Gasteiger partial charge in [-0.25, -0.2) is 0 Å². The van der Waals surface area contributed by atoms with Crippen molar-refractivity contribution in [3.8, 4) is 0 Å². The van der Waals surface area contributed by atoms with Gasteiger partial charge in [-0.2, -0.15) is 0 Å². The van der Waals surface area contributed by atoms with Crippen molar-refractivity contribution in [1.82, 2.24) is 0 Å². The molecule has 0 saturated carbocycles. The third-order valence-electron chi connectivity index (χ3n) is 5.69. The maximum atomic E-state index is 12.5. The van der Waals surface area contributed by atoms with E-state index in [1.54, 1.807) is 0 Å². The molecule has 39 heavy (non-hydrogen) atoms. The first-order valence-corrected chi connectivity index (χ1v) is 14.9. The zero-order chi connectivity index (χ0) is 28.0. The summed E-state index contributed by atoms with van der Waals surface area (Å²) in [5, 5.41) is 8.11. The lowest BCUT2D eigenvalue weighted by Gasteiger charge is -2.17. The van der Waals surface area contributed by atoms with E-state index in [9.17, 15) is 18.0 Å². The zero-order valence-electron chi connectivity index (χ0n) is 21.4. The van der Waals surface area contributed by atoms with Gasteiger partial charge in [0.25, 0.3) is 0 Å². The van der Waals surface area contributed by atoms with Crippen molar-refractivity contribution in [3.63, 3.8) is 0 Å². The molecule has 0 bridgehead atoms. The van der Waals surface area contributed by atoms with Gasteiger partial charge in [-0.1, -0.05) is 121 Å². The first-order valence-electron chi connectivity index (χ1n) is 12.1. The second-order valence-corrected chi connectivity index (χ2v) is 11.5. The Bertz CT molecular complexity index is 1280. The number of carboxylic acids is 1. The summed E-state index contributed by atoms with van der Waals surface area (Å²) in [6.07, 6.45) is 0. The Kier molecular flexibility index (Phi) is 11.8. The standard InChI is InChI=1S/C16H16O3S.C15H14O3S/c1-19-15(17)12-20(18)16(13-8-4-2-5-9-13)14-10-6-3-7-11-14;16-14(17)11-19(18)15(12-7-3-1-4-8-12)13-9-5-2-6-10-13/h2-11,16H,12H2,1H3;1-10,15H,11H2,(H,16,17). The first kappa shape index (κ1) is 29.7. The van der Waals surface area contributed by atoms with E-state index in [-0.39, 0.29) is 16.8 Å². The second-order valence-electron chi connectivity index (χ2n) is 8.42. The quantitative estimate of drug-likeness (QED) is 0.263. The van der Waals surface area contributed by atoms with Gasteiger partial charge in [0, 0.05) is 21.6 Å². The van der Waals surface area contributed by atoms with E-state index >= 15 is 0 Å². The van der Waals surface area contributed by atoms with Crippen LogP contribution in [-0.2, 0) is 35.9 Å². The molecule has 2 unspecified atom stereocenters. The predicted molar refractivity (Wildman–Crippen MR) is 155 cm³/mol. The Morgan fingerprint density at radius 1 is 0.590 bits per heavy atom. The van der Waals surface area contributed by atoms with E-state index in [4.69, 9.17) is 5.11 Å². The van der Waals surface area contributed by atoms with E-state index in [1.165, 1.54) is 7.11 Å². The number of esters is 1. The summed E-state index contributed by atoms with van der Waals surface area (Å²) in [5.74, 6) is -1.96. The van der Waals surface area contributed by atoms with Gasteiger partial charge in [0.2, 0.25) is 0 Å². The molecule has 4 rings (SSSR count). The highest BCUT2D eigenvalue weighted by Crippen LogP contribution is 2.29. The minimum absolute atomic E-state index is 0.106. The SMILES string of the molecule is COC(=O)CS(=O)C(c1ccccc1)c1ccccc1.O=C(O)CS(=O)C(c1ccccc1)c1ccccc1. The summed E-state index contributed by atoms with van der Waals surface area (Å²) in [6, 6.07) is 37.8.